The predicted octanol–water partition coefficient (Wildman–Crippen LogP) is 2.19. The van der Waals surface area contributed by atoms with E-state index in [2.05, 4.69) is 44.2 Å². The molecule has 0 saturated heterocycles. The molecular weight excluding hydrogens is 284 g/mol. The Hall–Kier alpha value is -1.24. The number of carbonyl (C=O) groups excluding carboxylic acids is 1. The lowest BCUT2D eigenvalue weighted by molar-refractivity contribution is 0.0878. The van der Waals surface area contributed by atoms with Gasteiger partial charge >= 0.3 is 0 Å². The van der Waals surface area contributed by atoms with Gasteiger partial charge in [0.2, 0.25) is 0 Å². The molecule has 0 spiro atoms. The zero-order valence-electron chi connectivity index (χ0n) is 13.5. The molecule has 0 aliphatic carbocycles. The molecule has 1 rings (SSSR count). The molecule has 21 heavy (non-hydrogen) atoms. The van der Waals surface area contributed by atoms with Crippen molar-refractivity contribution < 1.29 is 14.3 Å². The van der Waals surface area contributed by atoms with Gasteiger partial charge in [0.1, 0.15) is 5.69 Å². The number of hydrogen-bond donors (Lipinski definition) is 2. The summed E-state index contributed by atoms with van der Waals surface area (Å²) < 4.78 is 6.03. The van der Waals surface area contributed by atoms with Crippen LogP contribution in [0.2, 0.25) is 18.1 Å². The Balaban J connectivity index is 2.59. The number of aliphatic hydroxyl groups excluding tert-OH is 1. The molecule has 1 atom stereocenters. The number of hydrogen-bond acceptors (Lipinski definition) is 4. The van der Waals surface area contributed by atoms with Gasteiger partial charge < -0.3 is 14.8 Å². The average molecular weight is 310 g/mol. The summed E-state index contributed by atoms with van der Waals surface area (Å²) in [7, 11) is -1.89. The highest BCUT2D eigenvalue weighted by Crippen LogP contribution is 2.36. The van der Waals surface area contributed by atoms with Crippen LogP contribution in [0.1, 0.15) is 31.3 Å². The van der Waals surface area contributed by atoms with E-state index in [-0.39, 0.29) is 17.6 Å². The van der Waals surface area contributed by atoms with E-state index in [1.165, 1.54) is 0 Å². The van der Waals surface area contributed by atoms with Gasteiger partial charge in [0, 0.05) is 6.20 Å². The van der Waals surface area contributed by atoms with Crippen molar-refractivity contribution in [2.24, 2.45) is 0 Å². The van der Waals surface area contributed by atoms with Gasteiger partial charge in [-0.05, 0) is 30.3 Å². The molecule has 1 heterocycles. The molecule has 0 saturated carbocycles. The number of nitrogens with zero attached hydrogens (tertiary/aromatic N) is 1. The number of amides is 1. The van der Waals surface area contributed by atoms with Crippen molar-refractivity contribution in [1.29, 1.82) is 0 Å². The Morgan fingerprint density at radius 1 is 1.43 bits per heavy atom. The predicted molar refractivity (Wildman–Crippen MR) is 85.7 cm³/mol. The van der Waals surface area contributed by atoms with Gasteiger partial charge in [-0.1, -0.05) is 26.8 Å². The first kappa shape index (κ1) is 17.8. The lowest BCUT2D eigenvalue weighted by atomic mass is 10.2. The quantitative estimate of drug-likeness (QED) is 0.790. The van der Waals surface area contributed by atoms with Crippen LogP contribution in [0.15, 0.2) is 24.4 Å². The first-order chi connectivity index (χ1) is 9.67. The van der Waals surface area contributed by atoms with Crippen LogP contribution in [0.5, 0.6) is 0 Å². The number of carbonyl (C=O) groups is 1. The van der Waals surface area contributed by atoms with E-state index in [1.54, 1.807) is 24.4 Å². The molecule has 6 heteroatoms. The van der Waals surface area contributed by atoms with Gasteiger partial charge in [0.25, 0.3) is 5.91 Å². The van der Waals surface area contributed by atoms with Crippen molar-refractivity contribution in [2.45, 2.75) is 44.9 Å². The monoisotopic (exact) mass is 310 g/mol. The summed E-state index contributed by atoms with van der Waals surface area (Å²) in [6.45, 7) is 10.9. The Morgan fingerprint density at radius 2 is 2.10 bits per heavy atom. The van der Waals surface area contributed by atoms with Crippen molar-refractivity contribution in [3.05, 3.63) is 30.1 Å². The molecule has 0 aliphatic rings. The van der Waals surface area contributed by atoms with Crippen LogP contribution in [-0.2, 0) is 4.43 Å². The number of pyridine rings is 1. The lowest BCUT2D eigenvalue weighted by Crippen LogP contribution is -2.47. The van der Waals surface area contributed by atoms with Crippen molar-refractivity contribution in [1.82, 2.24) is 10.3 Å². The number of aliphatic hydroxyl groups is 1. The first-order valence-corrected chi connectivity index (χ1v) is 10.0. The van der Waals surface area contributed by atoms with Gasteiger partial charge in [-0.3, -0.25) is 9.78 Å². The molecule has 1 aromatic rings. The Kier molecular flexibility index (Phi) is 6.06. The minimum atomic E-state index is -1.89. The van der Waals surface area contributed by atoms with E-state index in [9.17, 15) is 9.90 Å². The highest BCUT2D eigenvalue weighted by molar-refractivity contribution is 6.74. The molecule has 0 unspecified atom stereocenters. The zero-order chi connectivity index (χ0) is 16.1. The molecular formula is C15H26N2O3Si. The van der Waals surface area contributed by atoms with E-state index in [4.69, 9.17) is 4.43 Å². The number of rotatable bonds is 6. The average Bonchev–Trinajstić information content (AvgIpc) is 2.43. The van der Waals surface area contributed by atoms with Crippen molar-refractivity contribution in [2.75, 3.05) is 13.2 Å². The van der Waals surface area contributed by atoms with Gasteiger partial charge in [-0.2, -0.15) is 0 Å². The fourth-order valence-corrected chi connectivity index (χ4v) is 2.47. The molecule has 1 aromatic heterocycles. The van der Waals surface area contributed by atoms with Gasteiger partial charge in [-0.15, -0.1) is 0 Å². The molecule has 5 nitrogen and oxygen atoms in total. The van der Waals surface area contributed by atoms with E-state index in [0.29, 0.717) is 12.3 Å². The SMILES string of the molecule is CC(C)(C)[Si](C)(C)OC[C@@H](CO)NC(=O)c1ccccn1. The summed E-state index contributed by atoms with van der Waals surface area (Å²) in [5.41, 5.74) is 0.336. The summed E-state index contributed by atoms with van der Waals surface area (Å²) in [5.74, 6) is -0.298. The third-order valence-electron chi connectivity index (χ3n) is 3.90. The highest BCUT2D eigenvalue weighted by atomic mass is 28.4. The summed E-state index contributed by atoms with van der Waals surface area (Å²) >= 11 is 0. The lowest BCUT2D eigenvalue weighted by Gasteiger charge is -2.37. The maximum atomic E-state index is 12.0. The van der Waals surface area contributed by atoms with E-state index in [0.717, 1.165) is 0 Å². The molecule has 0 radical (unpaired) electrons. The van der Waals surface area contributed by atoms with Crippen LogP contribution in [-0.4, -0.2) is 43.6 Å². The van der Waals surface area contributed by atoms with Crippen molar-refractivity contribution in [3.63, 3.8) is 0 Å². The van der Waals surface area contributed by atoms with Crippen LogP contribution in [0.3, 0.4) is 0 Å². The largest absolute Gasteiger partial charge is 0.415 e. The van der Waals surface area contributed by atoms with Gasteiger partial charge in [0.15, 0.2) is 8.32 Å². The zero-order valence-corrected chi connectivity index (χ0v) is 14.5. The van der Waals surface area contributed by atoms with Gasteiger partial charge in [0.05, 0.1) is 19.3 Å². The minimum absolute atomic E-state index is 0.0952. The van der Waals surface area contributed by atoms with Crippen LogP contribution in [0.25, 0.3) is 0 Å². The maximum absolute atomic E-state index is 12.0. The maximum Gasteiger partial charge on any atom is 0.270 e. The second-order valence-electron chi connectivity index (χ2n) is 6.64. The van der Waals surface area contributed by atoms with Gasteiger partial charge in [-0.25, -0.2) is 0 Å². The number of nitrogens with one attached hydrogen (secondary N) is 1. The summed E-state index contributed by atoms with van der Waals surface area (Å²) in [5, 5.41) is 12.3. The topological polar surface area (TPSA) is 71.5 Å². The standard InChI is InChI=1S/C15H26N2O3Si/c1-15(2,3)21(4,5)20-11-12(10-18)17-14(19)13-8-6-7-9-16-13/h6-9,12,18H,10-11H2,1-5H3,(H,17,19)/t12-/m1/s1. The molecule has 2 N–H and O–H groups in total. The Bertz CT molecular complexity index is 458. The van der Waals surface area contributed by atoms with E-state index in [1.807, 2.05) is 0 Å². The smallest absolute Gasteiger partial charge is 0.270 e. The van der Waals surface area contributed by atoms with Crippen LogP contribution < -0.4 is 5.32 Å². The second-order valence-corrected chi connectivity index (χ2v) is 11.4. The fourth-order valence-electron chi connectivity index (χ4n) is 1.42. The molecule has 0 bridgehead atoms. The molecule has 1 amide bonds. The Morgan fingerprint density at radius 3 is 2.57 bits per heavy atom. The van der Waals surface area contributed by atoms with E-state index >= 15 is 0 Å². The van der Waals surface area contributed by atoms with Crippen LogP contribution >= 0.6 is 0 Å². The van der Waals surface area contributed by atoms with Crippen LogP contribution in [0.4, 0.5) is 0 Å². The normalized spacial score (nSPS) is 13.8. The Labute approximate surface area is 127 Å². The molecule has 0 fully saturated rings. The van der Waals surface area contributed by atoms with Crippen molar-refractivity contribution in [3.8, 4) is 0 Å². The summed E-state index contributed by atoms with van der Waals surface area (Å²) in [4.78, 5) is 16.0. The second kappa shape index (κ2) is 7.15. The molecule has 0 aliphatic heterocycles. The van der Waals surface area contributed by atoms with E-state index < -0.39 is 14.4 Å². The molecule has 0 aromatic carbocycles. The third kappa shape index (κ3) is 5.22. The number of aromatic nitrogens is 1. The van der Waals surface area contributed by atoms with Crippen molar-refractivity contribution >= 4 is 14.2 Å². The summed E-state index contributed by atoms with van der Waals surface area (Å²) in [6.07, 6.45) is 1.56. The third-order valence-corrected chi connectivity index (χ3v) is 8.41. The summed E-state index contributed by atoms with van der Waals surface area (Å²) in [6, 6.07) is 4.72. The highest BCUT2D eigenvalue weighted by Gasteiger charge is 2.37. The van der Waals surface area contributed by atoms with Crippen LogP contribution in [0, 0.1) is 0 Å². The minimum Gasteiger partial charge on any atom is -0.415 e. The first-order valence-electron chi connectivity index (χ1n) is 7.14. The molecule has 118 valence electrons. The fraction of sp³-hybridized carbons (Fsp3) is 0.600.